The summed E-state index contributed by atoms with van der Waals surface area (Å²) in [5.41, 5.74) is 0. The van der Waals surface area contributed by atoms with Gasteiger partial charge in [-0.15, -0.1) is 0 Å². The Morgan fingerprint density at radius 1 is 1.60 bits per heavy atom. The molecule has 1 aliphatic rings. The molecule has 6 heteroatoms. The summed E-state index contributed by atoms with van der Waals surface area (Å²) in [7, 11) is 0. The van der Waals surface area contributed by atoms with Crippen LogP contribution in [0.5, 0.6) is 0 Å². The zero-order chi connectivity index (χ0) is 10.8. The number of imidazole rings is 1. The van der Waals surface area contributed by atoms with E-state index in [4.69, 9.17) is 5.11 Å². The first-order valence-electron chi connectivity index (χ1n) is 4.85. The van der Waals surface area contributed by atoms with Crippen LogP contribution in [0.3, 0.4) is 0 Å². The Balaban J connectivity index is 1.96. The third kappa shape index (κ3) is 2.31. The van der Waals surface area contributed by atoms with E-state index >= 15 is 0 Å². The van der Waals surface area contributed by atoms with E-state index in [1.807, 2.05) is 0 Å². The topological polar surface area (TPSA) is 69.2 Å². The molecule has 1 aromatic heterocycles. The molecule has 0 radical (unpaired) electrons. The van der Waals surface area contributed by atoms with E-state index in [2.05, 4.69) is 25.9 Å². The first-order chi connectivity index (χ1) is 7.16. The van der Waals surface area contributed by atoms with E-state index in [1.165, 1.54) is 4.90 Å². The molecule has 1 saturated heterocycles. The number of piperidine rings is 1. The Bertz CT molecular complexity index is 358. The van der Waals surface area contributed by atoms with Crippen LogP contribution in [0.4, 0.5) is 4.79 Å². The lowest BCUT2D eigenvalue weighted by atomic mass is 9.96. The summed E-state index contributed by atoms with van der Waals surface area (Å²) in [6.45, 7) is 1.19. The monoisotopic (exact) mass is 273 g/mol. The van der Waals surface area contributed by atoms with Gasteiger partial charge in [0.1, 0.15) is 10.4 Å². The number of H-pyrrole nitrogens is 1. The van der Waals surface area contributed by atoms with Gasteiger partial charge in [-0.3, -0.25) is 0 Å². The second kappa shape index (κ2) is 4.22. The first kappa shape index (κ1) is 10.5. The number of carbonyl (C=O) groups is 1. The van der Waals surface area contributed by atoms with Gasteiger partial charge in [0.15, 0.2) is 0 Å². The predicted molar refractivity (Wildman–Crippen MR) is 57.9 cm³/mol. The average Bonchev–Trinajstić information content (AvgIpc) is 2.65. The van der Waals surface area contributed by atoms with Crippen LogP contribution in [0.25, 0.3) is 0 Å². The summed E-state index contributed by atoms with van der Waals surface area (Å²) in [6, 6.07) is 0. The number of amides is 1. The van der Waals surface area contributed by atoms with E-state index in [-0.39, 0.29) is 0 Å². The minimum absolute atomic E-state index is 0.354. The van der Waals surface area contributed by atoms with Crippen molar-refractivity contribution < 1.29 is 9.90 Å². The molecule has 0 bridgehead atoms. The molecule has 82 valence electrons. The number of hydrogen-bond donors (Lipinski definition) is 2. The van der Waals surface area contributed by atoms with Crippen molar-refractivity contribution in [3.8, 4) is 0 Å². The van der Waals surface area contributed by atoms with Crippen molar-refractivity contribution in [1.29, 1.82) is 0 Å². The number of carboxylic acid groups (broad SMARTS) is 1. The first-order valence-corrected chi connectivity index (χ1v) is 5.65. The molecule has 5 nitrogen and oxygen atoms in total. The molecule has 15 heavy (non-hydrogen) atoms. The Morgan fingerprint density at radius 2 is 2.27 bits per heavy atom. The molecule has 2 N–H and O–H groups in total. The highest BCUT2D eigenvalue weighted by Gasteiger charge is 2.24. The molecule has 0 atom stereocenters. The van der Waals surface area contributed by atoms with Crippen LogP contribution < -0.4 is 0 Å². The molecule has 0 aliphatic carbocycles. The molecule has 1 aliphatic heterocycles. The summed E-state index contributed by atoms with van der Waals surface area (Å²) in [5.74, 6) is 1.30. The Hall–Kier alpha value is -1.04. The lowest BCUT2D eigenvalue weighted by Crippen LogP contribution is -2.37. The van der Waals surface area contributed by atoms with E-state index in [1.54, 1.807) is 6.20 Å². The van der Waals surface area contributed by atoms with E-state index in [0.717, 1.165) is 23.3 Å². The van der Waals surface area contributed by atoms with Gasteiger partial charge in [-0.2, -0.15) is 0 Å². The molecule has 0 unspecified atom stereocenters. The SMILES string of the molecule is O=C(O)N1CCC(c2nc(Br)c[nH]2)CC1. The molecule has 0 aromatic carbocycles. The lowest BCUT2D eigenvalue weighted by molar-refractivity contribution is 0.131. The molecule has 2 rings (SSSR count). The van der Waals surface area contributed by atoms with Gasteiger partial charge < -0.3 is 15.0 Å². The van der Waals surface area contributed by atoms with Gasteiger partial charge in [-0.05, 0) is 28.8 Å². The van der Waals surface area contributed by atoms with Gasteiger partial charge >= 0.3 is 6.09 Å². The molecule has 1 fully saturated rings. The second-order valence-electron chi connectivity index (χ2n) is 3.65. The van der Waals surface area contributed by atoms with Gasteiger partial charge in [0.2, 0.25) is 0 Å². The summed E-state index contributed by atoms with van der Waals surface area (Å²) in [5, 5.41) is 8.79. The number of rotatable bonds is 1. The van der Waals surface area contributed by atoms with Crippen molar-refractivity contribution in [3.05, 3.63) is 16.6 Å². The molecule has 1 aromatic rings. The van der Waals surface area contributed by atoms with E-state index < -0.39 is 6.09 Å². The maximum Gasteiger partial charge on any atom is 0.407 e. The fraction of sp³-hybridized carbons (Fsp3) is 0.556. The Kier molecular flexibility index (Phi) is 2.95. The van der Waals surface area contributed by atoms with Crippen molar-refractivity contribution in [3.63, 3.8) is 0 Å². The number of likely N-dealkylation sites (tertiary alicyclic amines) is 1. The van der Waals surface area contributed by atoms with E-state index in [0.29, 0.717) is 19.0 Å². The summed E-state index contributed by atoms with van der Waals surface area (Å²) in [6.07, 6.45) is 2.66. The zero-order valence-electron chi connectivity index (χ0n) is 8.11. The fourth-order valence-corrected chi connectivity index (χ4v) is 2.17. The van der Waals surface area contributed by atoms with Crippen molar-refractivity contribution in [2.24, 2.45) is 0 Å². The van der Waals surface area contributed by atoms with Crippen LogP contribution in [0.1, 0.15) is 24.6 Å². The van der Waals surface area contributed by atoms with Crippen LogP contribution in [-0.2, 0) is 0 Å². The normalized spacial score (nSPS) is 18.1. The van der Waals surface area contributed by atoms with Crippen LogP contribution in [-0.4, -0.2) is 39.2 Å². The highest BCUT2D eigenvalue weighted by atomic mass is 79.9. The van der Waals surface area contributed by atoms with Crippen LogP contribution in [0.2, 0.25) is 0 Å². The van der Waals surface area contributed by atoms with Gasteiger partial charge in [-0.1, -0.05) is 0 Å². The number of aromatic nitrogens is 2. The van der Waals surface area contributed by atoms with Crippen molar-refractivity contribution in [2.75, 3.05) is 13.1 Å². The van der Waals surface area contributed by atoms with Crippen molar-refractivity contribution in [2.45, 2.75) is 18.8 Å². The van der Waals surface area contributed by atoms with Crippen LogP contribution in [0, 0.1) is 0 Å². The summed E-state index contributed by atoms with van der Waals surface area (Å²) in [4.78, 5) is 19.5. The minimum atomic E-state index is -0.825. The molecule has 0 saturated carbocycles. The van der Waals surface area contributed by atoms with Crippen molar-refractivity contribution >= 4 is 22.0 Å². The number of hydrogen-bond acceptors (Lipinski definition) is 2. The standard InChI is InChI=1S/C9H12BrN3O2/c10-7-5-11-8(12-7)6-1-3-13(4-2-6)9(14)15/h5-6H,1-4H2,(H,11,12)(H,14,15). The molecule has 2 heterocycles. The Labute approximate surface area is 95.6 Å². The van der Waals surface area contributed by atoms with E-state index in [9.17, 15) is 4.79 Å². The quantitative estimate of drug-likeness (QED) is 0.823. The smallest absolute Gasteiger partial charge is 0.407 e. The average molecular weight is 274 g/mol. The molecular weight excluding hydrogens is 262 g/mol. The third-order valence-corrected chi connectivity index (χ3v) is 3.12. The summed E-state index contributed by atoms with van der Waals surface area (Å²) >= 11 is 3.29. The van der Waals surface area contributed by atoms with Gasteiger partial charge in [-0.25, -0.2) is 9.78 Å². The molecule has 0 spiro atoms. The van der Waals surface area contributed by atoms with Crippen LogP contribution in [0.15, 0.2) is 10.8 Å². The second-order valence-corrected chi connectivity index (χ2v) is 4.46. The van der Waals surface area contributed by atoms with Gasteiger partial charge in [0.05, 0.1) is 0 Å². The molecule has 1 amide bonds. The van der Waals surface area contributed by atoms with Gasteiger partial charge in [0, 0.05) is 25.2 Å². The van der Waals surface area contributed by atoms with Crippen molar-refractivity contribution in [1.82, 2.24) is 14.9 Å². The number of nitrogens with one attached hydrogen (secondary N) is 1. The van der Waals surface area contributed by atoms with Crippen LogP contribution >= 0.6 is 15.9 Å². The maximum absolute atomic E-state index is 10.7. The molecular formula is C9H12BrN3O2. The number of halogens is 1. The lowest BCUT2D eigenvalue weighted by Gasteiger charge is -2.28. The Morgan fingerprint density at radius 3 is 2.73 bits per heavy atom. The highest BCUT2D eigenvalue weighted by Crippen LogP contribution is 2.26. The fourth-order valence-electron chi connectivity index (χ4n) is 1.87. The highest BCUT2D eigenvalue weighted by molar-refractivity contribution is 9.10. The number of aromatic amines is 1. The zero-order valence-corrected chi connectivity index (χ0v) is 9.70. The minimum Gasteiger partial charge on any atom is -0.465 e. The maximum atomic E-state index is 10.7. The largest absolute Gasteiger partial charge is 0.465 e. The third-order valence-electron chi connectivity index (χ3n) is 2.72. The number of nitrogens with zero attached hydrogens (tertiary/aromatic N) is 2. The predicted octanol–water partition coefficient (Wildman–Crippen LogP) is 2.03. The van der Waals surface area contributed by atoms with Gasteiger partial charge in [0.25, 0.3) is 0 Å². The summed E-state index contributed by atoms with van der Waals surface area (Å²) < 4.78 is 0.804.